The molecule has 0 unspecified atom stereocenters. The van der Waals surface area contributed by atoms with E-state index in [-0.39, 0.29) is 12.3 Å². The van der Waals surface area contributed by atoms with Gasteiger partial charge in [0.2, 0.25) is 11.7 Å². The van der Waals surface area contributed by atoms with E-state index in [1.807, 2.05) is 30.3 Å². The summed E-state index contributed by atoms with van der Waals surface area (Å²) in [6, 6.07) is 18.3. The Kier molecular flexibility index (Phi) is 7.80. The van der Waals surface area contributed by atoms with E-state index in [0.29, 0.717) is 46.6 Å². The fourth-order valence-corrected chi connectivity index (χ4v) is 3.27. The molecule has 0 aliphatic rings. The van der Waals surface area contributed by atoms with E-state index >= 15 is 0 Å². The van der Waals surface area contributed by atoms with Crippen LogP contribution in [0.1, 0.15) is 12.0 Å². The second-order valence-corrected chi connectivity index (χ2v) is 6.82. The molecule has 1 N–H and O–H groups in total. The molecule has 7 heteroatoms. The molecule has 0 radical (unpaired) electrons. The fraction of sp³-hybridized carbons (Fsp3) is 0.240. The zero-order chi connectivity index (χ0) is 22.9. The number of nitrogens with one attached hydrogen (secondary N) is 1. The first-order valence-electron chi connectivity index (χ1n) is 10.1. The largest absolute Gasteiger partial charge is 0.493 e. The Hall–Kier alpha value is -3.87. The molecule has 7 nitrogen and oxygen atoms in total. The number of anilines is 1. The highest BCUT2D eigenvalue weighted by Crippen LogP contribution is 2.40. The first kappa shape index (κ1) is 22.8. The predicted molar refractivity (Wildman–Crippen MR) is 123 cm³/mol. The van der Waals surface area contributed by atoms with Crippen molar-refractivity contribution in [3.05, 3.63) is 66.2 Å². The number of carbonyl (C=O) groups is 1. The lowest BCUT2D eigenvalue weighted by molar-refractivity contribution is -0.116. The van der Waals surface area contributed by atoms with Crippen LogP contribution in [-0.2, 0) is 11.2 Å². The van der Waals surface area contributed by atoms with Crippen molar-refractivity contribution >= 4 is 11.6 Å². The molecule has 3 aromatic carbocycles. The minimum absolute atomic E-state index is 0.111. The number of hydrogen-bond donors (Lipinski definition) is 1. The molecule has 0 heterocycles. The van der Waals surface area contributed by atoms with Crippen LogP contribution in [0.3, 0.4) is 0 Å². The van der Waals surface area contributed by atoms with Gasteiger partial charge in [-0.2, -0.15) is 0 Å². The maximum atomic E-state index is 12.5. The van der Waals surface area contributed by atoms with Crippen LogP contribution in [-0.4, -0.2) is 34.3 Å². The van der Waals surface area contributed by atoms with Gasteiger partial charge >= 0.3 is 0 Å². The lowest BCUT2D eigenvalue weighted by Crippen LogP contribution is -2.12. The van der Waals surface area contributed by atoms with Gasteiger partial charge in [0.25, 0.3) is 0 Å². The van der Waals surface area contributed by atoms with Crippen molar-refractivity contribution in [2.75, 3.05) is 33.8 Å². The Labute approximate surface area is 187 Å². The predicted octanol–water partition coefficient (Wildman–Crippen LogP) is 5.08. The summed E-state index contributed by atoms with van der Waals surface area (Å²) >= 11 is 0. The molecule has 3 rings (SSSR count). The highest BCUT2D eigenvalue weighted by atomic mass is 16.5. The number of amides is 1. The smallest absolute Gasteiger partial charge is 0.224 e. The van der Waals surface area contributed by atoms with Crippen LogP contribution in [0.2, 0.25) is 0 Å². The third-order valence-corrected chi connectivity index (χ3v) is 4.84. The Morgan fingerprint density at radius 2 is 1.38 bits per heavy atom. The third-order valence-electron chi connectivity index (χ3n) is 4.84. The molecule has 0 saturated heterocycles. The minimum Gasteiger partial charge on any atom is -0.493 e. The molecule has 168 valence electrons. The zero-order valence-corrected chi connectivity index (χ0v) is 18.6. The quantitative estimate of drug-likeness (QED) is 0.477. The number of carbonyl (C=O) groups excluding carboxylic acids is 1. The van der Waals surface area contributed by atoms with E-state index in [4.69, 9.17) is 23.7 Å². The van der Waals surface area contributed by atoms with E-state index in [1.165, 1.54) is 0 Å². The Balaban J connectivity index is 1.60. The van der Waals surface area contributed by atoms with Gasteiger partial charge in [0.1, 0.15) is 5.75 Å². The lowest BCUT2D eigenvalue weighted by atomic mass is 10.1. The summed E-state index contributed by atoms with van der Waals surface area (Å²) in [5.74, 6) is 3.46. The van der Waals surface area contributed by atoms with Crippen LogP contribution in [0, 0.1) is 0 Å². The van der Waals surface area contributed by atoms with Crippen molar-refractivity contribution in [3.63, 3.8) is 0 Å². The van der Waals surface area contributed by atoms with E-state index in [2.05, 4.69) is 5.32 Å². The van der Waals surface area contributed by atoms with E-state index in [1.54, 1.807) is 58.8 Å². The second-order valence-electron chi connectivity index (χ2n) is 6.82. The van der Waals surface area contributed by atoms with Gasteiger partial charge in [0.15, 0.2) is 23.0 Å². The van der Waals surface area contributed by atoms with Gasteiger partial charge in [-0.15, -0.1) is 0 Å². The topological polar surface area (TPSA) is 75.3 Å². The van der Waals surface area contributed by atoms with Gasteiger partial charge in [-0.05, 0) is 54.4 Å². The van der Waals surface area contributed by atoms with E-state index < -0.39 is 0 Å². The average molecular weight is 437 g/mol. The van der Waals surface area contributed by atoms with Gasteiger partial charge in [0.05, 0.1) is 28.4 Å². The Bertz CT molecular complexity index is 1050. The number of ether oxygens (including phenoxy) is 5. The lowest BCUT2D eigenvalue weighted by Gasteiger charge is -2.15. The van der Waals surface area contributed by atoms with Crippen LogP contribution < -0.4 is 29.0 Å². The van der Waals surface area contributed by atoms with Crippen LogP contribution in [0.4, 0.5) is 5.69 Å². The van der Waals surface area contributed by atoms with Gasteiger partial charge < -0.3 is 29.0 Å². The fourth-order valence-electron chi connectivity index (χ4n) is 3.27. The summed E-state index contributed by atoms with van der Waals surface area (Å²) in [5, 5.41) is 2.90. The molecule has 0 aromatic heterocycles. The van der Waals surface area contributed by atoms with Crippen molar-refractivity contribution in [1.82, 2.24) is 0 Å². The summed E-state index contributed by atoms with van der Waals surface area (Å²) < 4.78 is 27.3. The molecule has 0 spiro atoms. The summed E-state index contributed by atoms with van der Waals surface area (Å²) in [5.41, 5.74) is 1.54. The molecule has 32 heavy (non-hydrogen) atoms. The zero-order valence-electron chi connectivity index (χ0n) is 18.6. The van der Waals surface area contributed by atoms with Crippen LogP contribution >= 0.6 is 0 Å². The summed E-state index contributed by atoms with van der Waals surface area (Å²) in [4.78, 5) is 12.5. The van der Waals surface area contributed by atoms with Gasteiger partial charge in [-0.3, -0.25) is 4.79 Å². The SMILES string of the molecule is COc1ccccc1Oc1ccc(NC(=O)CCc2ccc(OC)c(OC)c2OC)cc1. The van der Waals surface area contributed by atoms with Gasteiger partial charge in [-0.25, -0.2) is 0 Å². The molecule has 3 aromatic rings. The maximum Gasteiger partial charge on any atom is 0.224 e. The summed E-state index contributed by atoms with van der Waals surface area (Å²) in [6.45, 7) is 0. The van der Waals surface area contributed by atoms with E-state index in [9.17, 15) is 4.79 Å². The van der Waals surface area contributed by atoms with E-state index in [0.717, 1.165) is 5.56 Å². The van der Waals surface area contributed by atoms with Crippen LogP contribution in [0.5, 0.6) is 34.5 Å². The van der Waals surface area contributed by atoms with Crippen molar-refractivity contribution in [2.24, 2.45) is 0 Å². The van der Waals surface area contributed by atoms with Crippen LogP contribution in [0.15, 0.2) is 60.7 Å². The number of benzene rings is 3. The molecule has 0 aliphatic heterocycles. The molecule has 0 saturated carbocycles. The number of methoxy groups -OCH3 is 4. The highest BCUT2D eigenvalue weighted by molar-refractivity contribution is 5.91. The van der Waals surface area contributed by atoms with Gasteiger partial charge in [-0.1, -0.05) is 18.2 Å². The average Bonchev–Trinajstić information content (AvgIpc) is 2.83. The molecule has 0 atom stereocenters. The maximum absolute atomic E-state index is 12.5. The highest BCUT2D eigenvalue weighted by Gasteiger charge is 2.16. The first-order chi connectivity index (χ1) is 15.6. The number of para-hydroxylation sites is 2. The van der Waals surface area contributed by atoms with Crippen molar-refractivity contribution in [1.29, 1.82) is 0 Å². The number of aryl methyl sites for hydroxylation is 1. The second kappa shape index (κ2) is 10.9. The molecule has 0 fully saturated rings. The summed E-state index contributed by atoms with van der Waals surface area (Å²) in [6.07, 6.45) is 0.773. The molecule has 0 bridgehead atoms. The standard InChI is InChI=1S/C25H27NO6/c1-28-20-7-5-6-8-21(20)32-19-13-11-18(12-14-19)26-23(27)16-10-17-9-15-22(29-2)25(31-4)24(17)30-3/h5-9,11-15H,10,16H2,1-4H3,(H,26,27). The third kappa shape index (κ3) is 5.43. The molecular weight excluding hydrogens is 410 g/mol. The van der Waals surface area contributed by atoms with Crippen LogP contribution in [0.25, 0.3) is 0 Å². The van der Waals surface area contributed by atoms with Gasteiger partial charge in [0, 0.05) is 12.1 Å². The monoisotopic (exact) mass is 437 g/mol. The Morgan fingerprint density at radius 1 is 0.719 bits per heavy atom. The first-order valence-corrected chi connectivity index (χ1v) is 10.1. The Morgan fingerprint density at radius 3 is 2.00 bits per heavy atom. The number of rotatable bonds is 10. The number of hydrogen-bond acceptors (Lipinski definition) is 6. The molecule has 0 aliphatic carbocycles. The van der Waals surface area contributed by atoms with Crippen molar-refractivity contribution in [2.45, 2.75) is 12.8 Å². The van der Waals surface area contributed by atoms with Crippen molar-refractivity contribution in [3.8, 4) is 34.5 Å². The molecule has 1 amide bonds. The molecular formula is C25H27NO6. The normalized spacial score (nSPS) is 10.2. The van der Waals surface area contributed by atoms with Crippen molar-refractivity contribution < 1.29 is 28.5 Å². The minimum atomic E-state index is -0.111. The summed E-state index contributed by atoms with van der Waals surface area (Å²) in [7, 11) is 6.28.